The van der Waals surface area contributed by atoms with Crippen LogP contribution in [0.2, 0.25) is 0 Å². The average Bonchev–Trinajstić information content (AvgIpc) is 2.60. The third-order valence-corrected chi connectivity index (χ3v) is 4.68. The molecule has 2 aromatic rings. The molecule has 26 heavy (non-hydrogen) atoms. The lowest BCUT2D eigenvalue weighted by Gasteiger charge is -2.20. The van der Waals surface area contributed by atoms with Crippen LogP contribution >= 0.6 is 31.9 Å². The Morgan fingerprint density at radius 1 is 1.31 bits per heavy atom. The number of carbonyl (C=O) groups is 1. The molecule has 0 aliphatic rings. The Labute approximate surface area is 167 Å². The molecule has 1 amide bonds. The van der Waals surface area contributed by atoms with Crippen molar-refractivity contribution in [2.75, 3.05) is 18.2 Å². The lowest BCUT2D eigenvalue weighted by atomic mass is 10.0. The number of amides is 1. The Kier molecular flexibility index (Phi) is 7.22. The molecule has 5 N–H and O–H groups in total. The molecule has 8 heteroatoms. The summed E-state index contributed by atoms with van der Waals surface area (Å²) in [6.07, 6.45) is 0.627. The number of aliphatic hydroxyl groups excluding tert-OH is 1. The minimum absolute atomic E-state index is 0.0994. The third-order valence-electron chi connectivity index (χ3n) is 3.62. The number of carbonyl (C=O) groups excluding carboxylic acids is 1. The summed E-state index contributed by atoms with van der Waals surface area (Å²) in [5, 5.41) is 23.3. The Bertz CT molecular complexity index is 827. The van der Waals surface area contributed by atoms with Crippen LogP contribution in [0, 0.1) is 0 Å². The van der Waals surface area contributed by atoms with Crippen LogP contribution in [-0.4, -0.2) is 29.3 Å². The minimum Gasteiger partial charge on any atom is -0.506 e. The molecule has 0 aliphatic heterocycles. The third kappa shape index (κ3) is 5.07. The highest BCUT2D eigenvalue weighted by atomic mass is 79.9. The molecular formula is C18H18Br2N2O4. The summed E-state index contributed by atoms with van der Waals surface area (Å²) in [5.74, 6) is -0.519. The molecule has 0 heterocycles. The van der Waals surface area contributed by atoms with Crippen LogP contribution in [0.15, 0.2) is 57.5 Å². The van der Waals surface area contributed by atoms with Gasteiger partial charge in [0, 0.05) is 23.2 Å². The number of halogens is 2. The Hall–Kier alpha value is -1.87. The predicted octanol–water partition coefficient (Wildman–Crippen LogP) is 3.74. The molecule has 0 unspecified atom stereocenters. The normalized spacial score (nSPS) is 13.5. The number of rotatable bonds is 6. The zero-order valence-electron chi connectivity index (χ0n) is 13.8. The first kappa shape index (κ1) is 20.4. The second kappa shape index (κ2) is 9.18. The number of nitrogens with one attached hydrogen (secondary N) is 1. The number of benzene rings is 2. The number of hydrogen-bond donors (Lipinski definition) is 4. The van der Waals surface area contributed by atoms with Gasteiger partial charge < -0.3 is 26.0 Å². The molecule has 0 aliphatic carbocycles. The lowest BCUT2D eigenvalue weighted by molar-refractivity contribution is -0.112. The van der Waals surface area contributed by atoms with Crippen molar-refractivity contribution < 1.29 is 19.7 Å². The van der Waals surface area contributed by atoms with Crippen molar-refractivity contribution in [2.24, 2.45) is 0 Å². The fourth-order valence-electron chi connectivity index (χ4n) is 2.27. The van der Waals surface area contributed by atoms with E-state index in [-0.39, 0.29) is 11.3 Å². The second-order valence-corrected chi connectivity index (χ2v) is 7.18. The molecule has 0 saturated carbocycles. The predicted molar refractivity (Wildman–Crippen MR) is 108 cm³/mol. The fraction of sp³-hybridized carbons (Fsp3) is 0.167. The van der Waals surface area contributed by atoms with Gasteiger partial charge in [-0.1, -0.05) is 28.1 Å². The van der Waals surface area contributed by atoms with Crippen LogP contribution in [0.1, 0.15) is 11.7 Å². The van der Waals surface area contributed by atoms with Gasteiger partial charge in [-0.05, 0) is 46.3 Å². The number of ether oxygens (including phenoxy) is 1. The molecule has 0 saturated heterocycles. The first-order valence-electron chi connectivity index (χ1n) is 7.56. The van der Waals surface area contributed by atoms with E-state index in [4.69, 9.17) is 10.5 Å². The summed E-state index contributed by atoms with van der Waals surface area (Å²) >= 11 is 6.52. The van der Waals surface area contributed by atoms with Gasteiger partial charge in [0.05, 0.1) is 15.8 Å². The van der Waals surface area contributed by atoms with Gasteiger partial charge in [0.15, 0.2) is 0 Å². The number of nitrogen functional groups attached to an aromatic ring is 1. The van der Waals surface area contributed by atoms with Crippen molar-refractivity contribution in [3.05, 3.63) is 63.1 Å². The van der Waals surface area contributed by atoms with E-state index in [1.807, 2.05) is 0 Å². The number of phenols is 1. The van der Waals surface area contributed by atoms with Crippen molar-refractivity contribution >= 4 is 49.1 Å². The van der Waals surface area contributed by atoms with E-state index in [0.717, 1.165) is 0 Å². The van der Waals surface area contributed by atoms with Gasteiger partial charge in [0.1, 0.15) is 18.0 Å². The molecule has 138 valence electrons. The average molecular weight is 486 g/mol. The molecule has 0 radical (unpaired) electrons. The van der Waals surface area contributed by atoms with Crippen LogP contribution in [0.3, 0.4) is 0 Å². The van der Waals surface area contributed by atoms with Crippen molar-refractivity contribution in [2.45, 2.75) is 12.2 Å². The first-order chi connectivity index (χ1) is 12.3. The number of anilines is 2. The summed E-state index contributed by atoms with van der Waals surface area (Å²) in [6.45, 7) is 0. The van der Waals surface area contributed by atoms with E-state index in [9.17, 15) is 15.0 Å². The van der Waals surface area contributed by atoms with Crippen LogP contribution in [0.5, 0.6) is 5.75 Å². The van der Waals surface area contributed by atoms with Crippen LogP contribution in [-0.2, 0) is 9.53 Å². The first-order valence-corrected chi connectivity index (χ1v) is 9.14. The molecular weight excluding hydrogens is 468 g/mol. The van der Waals surface area contributed by atoms with Crippen molar-refractivity contribution in [3.63, 3.8) is 0 Å². The van der Waals surface area contributed by atoms with Gasteiger partial charge >= 0.3 is 0 Å². The summed E-state index contributed by atoms with van der Waals surface area (Å²) in [7, 11) is 1.40. The monoisotopic (exact) mass is 484 g/mol. The van der Waals surface area contributed by atoms with Crippen LogP contribution in [0.25, 0.3) is 0 Å². The topological polar surface area (TPSA) is 105 Å². The van der Waals surface area contributed by atoms with E-state index in [1.165, 1.54) is 19.3 Å². The maximum Gasteiger partial charge on any atom is 0.248 e. The highest BCUT2D eigenvalue weighted by molar-refractivity contribution is 9.11. The highest BCUT2D eigenvalue weighted by Crippen LogP contribution is 2.37. The molecule has 0 fully saturated rings. The maximum absolute atomic E-state index is 12.1. The van der Waals surface area contributed by atoms with E-state index < -0.39 is 18.1 Å². The van der Waals surface area contributed by atoms with E-state index in [2.05, 4.69) is 37.2 Å². The second-order valence-electron chi connectivity index (χ2n) is 5.41. The van der Waals surface area contributed by atoms with Crippen molar-refractivity contribution in [1.29, 1.82) is 0 Å². The lowest BCUT2D eigenvalue weighted by Crippen LogP contribution is -2.20. The van der Waals surface area contributed by atoms with Gasteiger partial charge in [0.2, 0.25) is 5.91 Å². The van der Waals surface area contributed by atoms with Crippen molar-refractivity contribution in [1.82, 2.24) is 0 Å². The zero-order chi connectivity index (χ0) is 19.3. The van der Waals surface area contributed by atoms with Gasteiger partial charge in [-0.3, -0.25) is 4.79 Å². The Morgan fingerprint density at radius 3 is 2.65 bits per heavy atom. The molecule has 0 bridgehead atoms. The summed E-state index contributed by atoms with van der Waals surface area (Å²) in [6, 6.07) is 10.1. The van der Waals surface area contributed by atoms with Crippen LogP contribution < -0.4 is 11.1 Å². The largest absolute Gasteiger partial charge is 0.506 e. The molecule has 0 aromatic heterocycles. The van der Waals surface area contributed by atoms with Crippen molar-refractivity contribution in [3.8, 4) is 5.75 Å². The smallest absolute Gasteiger partial charge is 0.248 e. The van der Waals surface area contributed by atoms with E-state index in [1.54, 1.807) is 36.4 Å². The quantitative estimate of drug-likeness (QED) is 0.368. The highest BCUT2D eigenvalue weighted by Gasteiger charge is 2.23. The number of para-hydroxylation sites is 2. The number of methoxy groups -OCH3 is 1. The Morgan fingerprint density at radius 2 is 2.00 bits per heavy atom. The number of phenolic OH excluding ortho intramolecular Hbond substituents is 1. The van der Waals surface area contributed by atoms with E-state index >= 15 is 0 Å². The number of hydrogen-bond acceptors (Lipinski definition) is 5. The van der Waals surface area contributed by atoms with Crippen LogP contribution in [0.4, 0.5) is 11.4 Å². The number of aliphatic hydroxyl groups is 1. The Balaban J connectivity index is 2.14. The van der Waals surface area contributed by atoms with Gasteiger partial charge in [-0.25, -0.2) is 0 Å². The molecule has 2 aromatic carbocycles. The molecule has 2 rings (SSSR count). The van der Waals surface area contributed by atoms with Gasteiger partial charge in [-0.2, -0.15) is 0 Å². The number of nitrogens with two attached hydrogens (primary N) is 1. The van der Waals surface area contributed by atoms with E-state index in [0.29, 0.717) is 20.3 Å². The SMILES string of the molecule is CO[C@H](/C=C/C(=O)Nc1ccccc1N)[C@H](O)c1cc(Br)cc(Br)c1O. The molecule has 6 nitrogen and oxygen atoms in total. The summed E-state index contributed by atoms with van der Waals surface area (Å²) in [5.41, 5.74) is 6.98. The molecule has 2 atom stereocenters. The maximum atomic E-state index is 12.1. The van der Waals surface area contributed by atoms with Gasteiger partial charge in [0.25, 0.3) is 0 Å². The summed E-state index contributed by atoms with van der Waals surface area (Å²) in [4.78, 5) is 12.1. The number of aromatic hydroxyl groups is 1. The molecule has 0 spiro atoms. The van der Waals surface area contributed by atoms with Gasteiger partial charge in [-0.15, -0.1) is 0 Å². The zero-order valence-corrected chi connectivity index (χ0v) is 17.0. The standard InChI is InChI=1S/C18H18Br2N2O4/c1-26-15(18(25)11-8-10(19)9-12(20)17(11)24)6-7-16(23)22-14-5-3-2-4-13(14)21/h2-9,15,18,24-25H,21H2,1H3,(H,22,23)/b7-6+/t15-,18-/m1/s1. The minimum atomic E-state index is -1.18. The fourth-order valence-corrected chi connectivity index (χ4v) is 3.53. The summed E-state index contributed by atoms with van der Waals surface area (Å²) < 4.78 is 6.34.